The molecule has 2 heterocycles. The zero-order valence-electron chi connectivity index (χ0n) is 13.2. The molecule has 120 valence electrons. The number of hydrogen-bond donors (Lipinski definition) is 1. The molecule has 0 amide bonds. The molecule has 1 aliphatic heterocycles. The van der Waals surface area contributed by atoms with E-state index in [2.05, 4.69) is 33.3 Å². The van der Waals surface area contributed by atoms with Crippen molar-refractivity contribution in [1.82, 2.24) is 19.5 Å². The summed E-state index contributed by atoms with van der Waals surface area (Å²) < 4.78 is 28.9. The number of aryl methyl sites for hydroxylation is 1. The molecule has 0 saturated carbocycles. The molecule has 1 aliphatic rings. The molecule has 0 radical (unpaired) electrons. The van der Waals surface area contributed by atoms with Crippen LogP contribution in [0.1, 0.15) is 33.0 Å². The summed E-state index contributed by atoms with van der Waals surface area (Å²) in [5, 5.41) is 8.01. The van der Waals surface area contributed by atoms with E-state index in [0.717, 1.165) is 18.3 Å². The van der Waals surface area contributed by atoms with E-state index >= 15 is 0 Å². The minimum absolute atomic E-state index is 0.373. The Hall–Kier alpha value is -1.15. The molecule has 0 aliphatic carbocycles. The fourth-order valence-electron chi connectivity index (χ4n) is 2.66. The average molecular weight is 315 g/mol. The van der Waals surface area contributed by atoms with Crippen LogP contribution in [-0.4, -0.2) is 48.1 Å². The smallest absolute Gasteiger partial charge is 0.227 e. The van der Waals surface area contributed by atoms with Gasteiger partial charge in [-0.25, -0.2) is 13.1 Å². The van der Waals surface area contributed by atoms with Crippen LogP contribution in [0.5, 0.6) is 0 Å². The Bertz CT molecular complexity index is 581. The second-order valence-corrected chi connectivity index (χ2v) is 8.00. The molecule has 7 nitrogen and oxygen atoms in total. The maximum Gasteiger partial charge on any atom is 0.227 e. The van der Waals surface area contributed by atoms with Crippen molar-refractivity contribution in [3.63, 3.8) is 0 Å². The van der Waals surface area contributed by atoms with Crippen molar-refractivity contribution in [3.8, 4) is 0 Å². The van der Waals surface area contributed by atoms with E-state index in [1.165, 1.54) is 0 Å². The lowest BCUT2D eigenvalue weighted by Gasteiger charge is -2.20. The first-order chi connectivity index (χ1) is 9.85. The molecule has 1 atom stereocenters. The first kappa shape index (κ1) is 16.2. The van der Waals surface area contributed by atoms with Crippen LogP contribution in [0.4, 0.5) is 5.95 Å². The Morgan fingerprint density at radius 2 is 2.10 bits per heavy atom. The summed E-state index contributed by atoms with van der Waals surface area (Å²) >= 11 is 0. The van der Waals surface area contributed by atoms with E-state index in [1.54, 1.807) is 6.92 Å². The number of sulfonamides is 1. The van der Waals surface area contributed by atoms with E-state index in [4.69, 9.17) is 0 Å². The molecule has 1 N–H and O–H groups in total. The third-order valence-corrected chi connectivity index (χ3v) is 5.63. The lowest BCUT2D eigenvalue weighted by atomic mass is 10.2. The Labute approximate surface area is 126 Å². The van der Waals surface area contributed by atoms with Crippen molar-refractivity contribution in [2.24, 2.45) is 5.92 Å². The molecular weight excluding hydrogens is 290 g/mol. The van der Waals surface area contributed by atoms with Gasteiger partial charge in [0, 0.05) is 26.2 Å². The van der Waals surface area contributed by atoms with Crippen LogP contribution in [-0.2, 0) is 16.6 Å². The maximum absolute atomic E-state index is 12.1. The molecular formula is C13H25N5O2S. The van der Waals surface area contributed by atoms with E-state index < -0.39 is 10.0 Å². The highest BCUT2D eigenvalue weighted by Gasteiger charge is 2.34. The topological polar surface area (TPSA) is 80.1 Å². The maximum atomic E-state index is 12.1. The van der Waals surface area contributed by atoms with Crippen LogP contribution in [0.3, 0.4) is 0 Å². The largest absolute Gasteiger partial charge is 0.340 e. The lowest BCUT2D eigenvalue weighted by Crippen LogP contribution is -2.36. The van der Waals surface area contributed by atoms with Gasteiger partial charge in [0.05, 0.1) is 5.25 Å². The van der Waals surface area contributed by atoms with Crippen LogP contribution < -0.4 is 9.62 Å². The molecule has 1 unspecified atom stereocenters. The van der Waals surface area contributed by atoms with Gasteiger partial charge in [-0.1, -0.05) is 20.8 Å². The summed E-state index contributed by atoms with van der Waals surface area (Å²) in [7, 11) is -3.23. The van der Waals surface area contributed by atoms with Gasteiger partial charge < -0.3 is 4.90 Å². The molecule has 8 heteroatoms. The summed E-state index contributed by atoms with van der Waals surface area (Å²) in [5.74, 6) is 2.15. The molecule has 0 spiro atoms. The van der Waals surface area contributed by atoms with E-state index in [1.807, 2.05) is 11.8 Å². The first-order valence-electron chi connectivity index (χ1n) is 7.48. The Kier molecular flexibility index (Phi) is 4.88. The highest BCUT2D eigenvalue weighted by molar-refractivity contribution is 7.90. The van der Waals surface area contributed by atoms with E-state index in [9.17, 15) is 8.42 Å². The van der Waals surface area contributed by atoms with E-state index in [-0.39, 0.29) is 5.25 Å². The van der Waals surface area contributed by atoms with Gasteiger partial charge in [-0.05, 0) is 19.3 Å². The third-order valence-electron chi connectivity index (χ3n) is 3.68. The highest BCUT2D eigenvalue weighted by atomic mass is 32.2. The van der Waals surface area contributed by atoms with Gasteiger partial charge in [0.15, 0.2) is 0 Å². The van der Waals surface area contributed by atoms with Crippen molar-refractivity contribution in [2.75, 3.05) is 24.5 Å². The predicted octanol–water partition coefficient (Wildman–Crippen LogP) is 0.761. The zero-order valence-corrected chi connectivity index (χ0v) is 14.0. The molecule has 21 heavy (non-hydrogen) atoms. The Morgan fingerprint density at radius 3 is 2.71 bits per heavy atom. The normalized spacial score (nSPS) is 19.7. The summed E-state index contributed by atoms with van der Waals surface area (Å²) in [6.45, 7) is 10.5. The molecule has 2 rings (SSSR count). The average Bonchev–Trinajstić information content (AvgIpc) is 2.98. The second kappa shape index (κ2) is 6.31. The van der Waals surface area contributed by atoms with Gasteiger partial charge in [0.2, 0.25) is 16.0 Å². The third kappa shape index (κ3) is 3.55. The number of anilines is 1. The summed E-state index contributed by atoms with van der Waals surface area (Å²) in [6.07, 6.45) is 0.628. The monoisotopic (exact) mass is 315 g/mol. The van der Waals surface area contributed by atoms with Crippen LogP contribution >= 0.6 is 0 Å². The minimum Gasteiger partial charge on any atom is -0.340 e. The van der Waals surface area contributed by atoms with Crippen LogP contribution in [0.15, 0.2) is 0 Å². The summed E-state index contributed by atoms with van der Waals surface area (Å²) in [4.78, 5) is 2.03. The fraction of sp³-hybridized carbons (Fsp3) is 0.846. The molecule has 0 aromatic carbocycles. The number of aromatic nitrogens is 3. The molecule has 1 fully saturated rings. The number of nitrogens with zero attached hydrogens (tertiary/aromatic N) is 4. The van der Waals surface area contributed by atoms with Crippen LogP contribution in [0.2, 0.25) is 0 Å². The van der Waals surface area contributed by atoms with Crippen LogP contribution in [0.25, 0.3) is 0 Å². The number of hydrogen-bond acceptors (Lipinski definition) is 5. The molecule has 1 aromatic heterocycles. The van der Waals surface area contributed by atoms with Crippen LogP contribution in [0, 0.1) is 12.8 Å². The van der Waals surface area contributed by atoms with Gasteiger partial charge >= 0.3 is 0 Å². The Balaban J connectivity index is 2.15. The molecule has 0 bridgehead atoms. The lowest BCUT2D eigenvalue weighted by molar-refractivity contribution is 0.511. The minimum atomic E-state index is -3.23. The molecule has 1 aromatic rings. The van der Waals surface area contributed by atoms with Crippen molar-refractivity contribution >= 4 is 16.0 Å². The van der Waals surface area contributed by atoms with Gasteiger partial charge in [-0.15, -0.1) is 10.2 Å². The SMILES string of the molecule is CCNS(=O)(=O)C1CCN(c2nnc(C)n2CC(C)C)C1. The standard InChI is InChI=1S/C13H25N5O2S/c1-5-14-21(19,20)12-6-7-17(9-12)13-16-15-11(4)18(13)8-10(2)3/h10,12,14H,5-9H2,1-4H3. The number of nitrogens with one attached hydrogen (secondary N) is 1. The van der Waals surface area contributed by atoms with Crippen molar-refractivity contribution in [3.05, 3.63) is 5.82 Å². The quantitative estimate of drug-likeness (QED) is 0.838. The second-order valence-electron chi connectivity index (χ2n) is 5.95. The highest BCUT2D eigenvalue weighted by Crippen LogP contribution is 2.23. The van der Waals surface area contributed by atoms with E-state index in [0.29, 0.717) is 32.0 Å². The van der Waals surface area contributed by atoms with Crippen molar-refractivity contribution in [2.45, 2.75) is 45.9 Å². The van der Waals surface area contributed by atoms with Crippen molar-refractivity contribution < 1.29 is 8.42 Å². The fourth-order valence-corrected chi connectivity index (χ4v) is 4.09. The Morgan fingerprint density at radius 1 is 1.38 bits per heavy atom. The predicted molar refractivity (Wildman–Crippen MR) is 82.8 cm³/mol. The molecule has 1 saturated heterocycles. The van der Waals surface area contributed by atoms with Gasteiger partial charge in [-0.3, -0.25) is 4.57 Å². The first-order valence-corrected chi connectivity index (χ1v) is 9.03. The number of rotatable bonds is 6. The summed E-state index contributed by atoms with van der Waals surface area (Å²) in [6, 6.07) is 0. The van der Waals surface area contributed by atoms with Gasteiger partial charge in [-0.2, -0.15) is 0 Å². The zero-order chi connectivity index (χ0) is 15.6. The summed E-state index contributed by atoms with van der Waals surface area (Å²) in [5.41, 5.74) is 0. The van der Waals surface area contributed by atoms with Crippen molar-refractivity contribution in [1.29, 1.82) is 0 Å². The van der Waals surface area contributed by atoms with Gasteiger partial charge in [0.1, 0.15) is 5.82 Å². The van der Waals surface area contributed by atoms with Gasteiger partial charge in [0.25, 0.3) is 0 Å².